The van der Waals surface area contributed by atoms with E-state index in [1.165, 1.54) is 6.07 Å². The number of hydrogen-bond donors (Lipinski definition) is 4. The van der Waals surface area contributed by atoms with Crippen LogP contribution in [0.3, 0.4) is 0 Å². The Morgan fingerprint density at radius 1 is 0.851 bits per heavy atom. The highest BCUT2D eigenvalue weighted by Gasteiger charge is 2.19. The maximum absolute atomic E-state index is 13.6. The smallest absolute Gasteiger partial charge is 0.414 e. The van der Waals surface area contributed by atoms with Crippen LogP contribution in [0.4, 0.5) is 15.3 Å². The van der Waals surface area contributed by atoms with Gasteiger partial charge in [0.05, 0.1) is 4.90 Å². The third-order valence-electron chi connectivity index (χ3n) is 7.56. The average molecular weight is 657 g/mol. The van der Waals surface area contributed by atoms with Crippen LogP contribution in [0.2, 0.25) is 0 Å². The van der Waals surface area contributed by atoms with Gasteiger partial charge in [0.2, 0.25) is 10.0 Å². The standard InChI is InChI=1S/C35H40N6O5S/c1-4-40(5-2)25(3)46-35(43)39-33(36)29-15-11-14-27(22-29)24-41(23-26-12-7-6-8-13-26)34(42)38-30-20-18-28(19-21-30)31-16-9-10-17-32(31)47(37,44)45/h6-22,25H,4-5,23-24H2,1-3H3,(H,38,42)(H2,36,39,43)(H2,37,44,45). The Kier molecular flexibility index (Phi) is 11.8. The molecule has 0 aliphatic heterocycles. The number of ether oxygens (including phenoxy) is 1. The second-order valence-electron chi connectivity index (χ2n) is 10.8. The zero-order valence-corrected chi connectivity index (χ0v) is 27.5. The number of nitrogens with zero attached hydrogens (tertiary/aromatic N) is 2. The number of nitrogens with two attached hydrogens (primary N) is 1. The summed E-state index contributed by atoms with van der Waals surface area (Å²) in [6, 6.07) is 29.6. The number of amidine groups is 1. The molecule has 0 bridgehead atoms. The van der Waals surface area contributed by atoms with Gasteiger partial charge in [-0.15, -0.1) is 0 Å². The molecule has 0 aliphatic carbocycles. The summed E-state index contributed by atoms with van der Waals surface area (Å²) in [6.07, 6.45) is -1.16. The zero-order chi connectivity index (χ0) is 34.0. The van der Waals surface area contributed by atoms with Gasteiger partial charge in [0.15, 0.2) is 6.23 Å². The van der Waals surface area contributed by atoms with Crippen LogP contribution in [0.1, 0.15) is 37.5 Å². The minimum absolute atomic E-state index is 0.0161. The highest BCUT2D eigenvalue weighted by Crippen LogP contribution is 2.28. The Labute approximate surface area is 275 Å². The molecule has 4 aromatic rings. The molecular weight excluding hydrogens is 616 g/mol. The predicted octanol–water partition coefficient (Wildman–Crippen LogP) is 5.97. The van der Waals surface area contributed by atoms with Gasteiger partial charge in [-0.2, -0.15) is 0 Å². The van der Waals surface area contributed by atoms with Gasteiger partial charge in [-0.3, -0.25) is 15.6 Å². The monoisotopic (exact) mass is 656 g/mol. The number of benzene rings is 4. The van der Waals surface area contributed by atoms with Gasteiger partial charge in [-0.25, -0.2) is 23.1 Å². The van der Waals surface area contributed by atoms with Crippen molar-refractivity contribution in [3.63, 3.8) is 0 Å². The quantitative estimate of drug-likeness (QED) is 0.0835. The van der Waals surface area contributed by atoms with Crippen molar-refractivity contribution in [3.8, 4) is 11.1 Å². The number of nitrogens with one attached hydrogen (secondary N) is 3. The summed E-state index contributed by atoms with van der Waals surface area (Å²) in [6.45, 7) is 7.70. The van der Waals surface area contributed by atoms with E-state index in [4.69, 9.17) is 15.3 Å². The number of hydrogen-bond acceptors (Lipinski definition) is 7. The molecule has 0 aromatic heterocycles. The Balaban J connectivity index is 1.49. The van der Waals surface area contributed by atoms with E-state index in [0.29, 0.717) is 28.9 Å². The van der Waals surface area contributed by atoms with Crippen molar-refractivity contribution < 1.29 is 22.7 Å². The van der Waals surface area contributed by atoms with Crippen LogP contribution in [0, 0.1) is 5.41 Å². The van der Waals surface area contributed by atoms with E-state index < -0.39 is 22.3 Å². The van der Waals surface area contributed by atoms with Gasteiger partial charge in [-0.1, -0.05) is 92.7 Å². The van der Waals surface area contributed by atoms with Crippen LogP contribution in [-0.4, -0.2) is 55.5 Å². The van der Waals surface area contributed by atoms with Crippen molar-refractivity contribution in [1.29, 1.82) is 5.41 Å². The summed E-state index contributed by atoms with van der Waals surface area (Å²) in [7, 11) is -3.92. The molecule has 1 unspecified atom stereocenters. The van der Waals surface area contributed by atoms with Crippen LogP contribution in [-0.2, 0) is 27.8 Å². The molecule has 3 amide bonds. The van der Waals surface area contributed by atoms with Gasteiger partial charge in [0, 0.05) is 29.9 Å². The molecule has 5 N–H and O–H groups in total. The molecule has 1 atom stereocenters. The highest BCUT2D eigenvalue weighted by atomic mass is 32.2. The Bertz CT molecular complexity index is 1790. The Hall–Kier alpha value is -5.04. The first kappa shape index (κ1) is 34.8. The van der Waals surface area contributed by atoms with Crippen molar-refractivity contribution in [2.75, 3.05) is 18.4 Å². The number of primary sulfonamides is 1. The first-order valence-corrected chi connectivity index (χ1v) is 16.7. The Morgan fingerprint density at radius 2 is 1.47 bits per heavy atom. The third kappa shape index (κ3) is 9.72. The first-order chi connectivity index (χ1) is 22.5. The minimum atomic E-state index is -3.92. The maximum Gasteiger partial charge on any atom is 0.414 e. The van der Waals surface area contributed by atoms with E-state index >= 15 is 0 Å². The van der Waals surface area contributed by atoms with Crippen molar-refractivity contribution in [1.82, 2.24) is 15.1 Å². The number of carbonyl (C=O) groups excluding carboxylic acids is 2. The summed E-state index contributed by atoms with van der Waals surface area (Å²) in [5.41, 5.74) is 3.75. The van der Waals surface area contributed by atoms with E-state index in [2.05, 4.69) is 10.6 Å². The average Bonchev–Trinajstić information content (AvgIpc) is 3.05. The van der Waals surface area contributed by atoms with Crippen LogP contribution in [0.5, 0.6) is 0 Å². The maximum atomic E-state index is 13.6. The fourth-order valence-electron chi connectivity index (χ4n) is 5.11. The molecular formula is C35H40N6O5S. The van der Waals surface area contributed by atoms with Crippen LogP contribution >= 0.6 is 0 Å². The number of alkyl carbamates (subject to hydrolysis) is 1. The molecule has 4 aromatic carbocycles. The number of sulfonamides is 1. The van der Waals surface area contributed by atoms with E-state index in [0.717, 1.165) is 24.2 Å². The van der Waals surface area contributed by atoms with Gasteiger partial charge in [-0.05, 0) is 61.0 Å². The second kappa shape index (κ2) is 16.0. The fraction of sp³-hybridized carbons (Fsp3) is 0.229. The summed E-state index contributed by atoms with van der Waals surface area (Å²) < 4.78 is 29.6. The van der Waals surface area contributed by atoms with Crippen LogP contribution in [0.15, 0.2) is 108 Å². The molecule has 0 radical (unpaired) electrons. The van der Waals surface area contributed by atoms with Crippen LogP contribution in [0.25, 0.3) is 11.1 Å². The topological polar surface area (TPSA) is 158 Å². The van der Waals surface area contributed by atoms with Gasteiger partial charge in [0.25, 0.3) is 0 Å². The first-order valence-electron chi connectivity index (χ1n) is 15.2. The third-order valence-corrected chi connectivity index (χ3v) is 8.53. The molecule has 0 aliphatic rings. The van der Waals surface area contributed by atoms with Gasteiger partial charge >= 0.3 is 12.1 Å². The largest absolute Gasteiger partial charge is 0.430 e. The molecule has 246 valence electrons. The van der Waals surface area contributed by atoms with Crippen molar-refractivity contribution in [2.24, 2.45) is 5.14 Å². The lowest BCUT2D eigenvalue weighted by molar-refractivity contribution is 0.00680. The van der Waals surface area contributed by atoms with Gasteiger partial charge < -0.3 is 15.0 Å². The van der Waals surface area contributed by atoms with Crippen molar-refractivity contribution in [2.45, 2.75) is 45.0 Å². The second-order valence-corrected chi connectivity index (χ2v) is 12.3. The number of carbonyl (C=O) groups is 2. The number of urea groups is 1. The van der Waals surface area contributed by atoms with Gasteiger partial charge in [0.1, 0.15) is 5.84 Å². The highest BCUT2D eigenvalue weighted by molar-refractivity contribution is 7.89. The Morgan fingerprint density at radius 3 is 2.13 bits per heavy atom. The van der Waals surface area contributed by atoms with E-state index in [-0.39, 0.29) is 23.3 Å². The molecule has 0 spiro atoms. The molecule has 47 heavy (non-hydrogen) atoms. The van der Waals surface area contributed by atoms with Crippen molar-refractivity contribution >= 4 is 33.7 Å². The summed E-state index contributed by atoms with van der Waals surface area (Å²) in [4.78, 5) is 29.7. The lowest BCUT2D eigenvalue weighted by atomic mass is 10.1. The lowest BCUT2D eigenvalue weighted by Crippen LogP contribution is -2.40. The molecule has 4 rings (SSSR count). The molecule has 0 heterocycles. The molecule has 0 saturated heterocycles. The summed E-state index contributed by atoms with van der Waals surface area (Å²) in [5, 5.41) is 19.3. The fourth-order valence-corrected chi connectivity index (χ4v) is 5.87. The number of rotatable bonds is 12. The molecule has 12 heteroatoms. The number of amides is 3. The number of anilines is 1. The molecule has 11 nitrogen and oxygen atoms in total. The van der Waals surface area contributed by atoms with Crippen molar-refractivity contribution in [3.05, 3.63) is 120 Å². The SMILES string of the molecule is CCN(CC)C(C)OC(=O)NC(=N)c1cccc(CN(Cc2ccccc2)C(=O)Nc2ccc(-c3ccccc3S(N)(=O)=O)cc2)c1. The minimum Gasteiger partial charge on any atom is -0.430 e. The molecule has 0 saturated carbocycles. The van der Waals surface area contributed by atoms with E-state index in [9.17, 15) is 18.0 Å². The zero-order valence-electron chi connectivity index (χ0n) is 26.6. The lowest BCUT2D eigenvalue weighted by Gasteiger charge is -2.26. The van der Waals surface area contributed by atoms with E-state index in [1.54, 1.807) is 72.5 Å². The van der Waals surface area contributed by atoms with E-state index in [1.807, 2.05) is 55.1 Å². The predicted molar refractivity (Wildman–Crippen MR) is 183 cm³/mol. The molecule has 0 fully saturated rings. The summed E-state index contributed by atoms with van der Waals surface area (Å²) >= 11 is 0. The normalized spacial score (nSPS) is 11.9. The summed E-state index contributed by atoms with van der Waals surface area (Å²) in [5.74, 6) is -0.119. The van der Waals surface area contributed by atoms with Crippen LogP contribution < -0.4 is 15.8 Å².